The van der Waals surface area contributed by atoms with Crippen LogP contribution in [0.15, 0.2) is 30.3 Å². The zero-order valence-corrected chi connectivity index (χ0v) is 13.4. The van der Waals surface area contributed by atoms with Crippen molar-refractivity contribution in [2.45, 2.75) is 31.6 Å². The van der Waals surface area contributed by atoms with Crippen molar-refractivity contribution < 1.29 is 17.0 Å². The summed E-state index contributed by atoms with van der Waals surface area (Å²) in [5.41, 5.74) is 0.616. The molecule has 0 N–H and O–H groups in total. The first-order valence-corrected chi connectivity index (χ1v) is 8.84. The molecule has 2 unspecified atom stereocenters. The number of benzene rings is 1. The van der Waals surface area contributed by atoms with Gasteiger partial charge in [-0.2, -0.15) is 12.7 Å². The molecule has 2 fully saturated rings. The molecule has 1 spiro atoms. The van der Waals surface area contributed by atoms with E-state index in [0.29, 0.717) is 13.0 Å². The highest BCUT2D eigenvalue weighted by Gasteiger charge is 2.47. The minimum Gasteiger partial charge on any atom is -0.368 e. The predicted molar refractivity (Wildman–Crippen MR) is 81.2 cm³/mol. The first kappa shape index (κ1) is 15.9. The van der Waals surface area contributed by atoms with Crippen molar-refractivity contribution in [3.63, 3.8) is 0 Å². The maximum atomic E-state index is 13.2. The molecule has 2 saturated heterocycles. The Hall–Kier alpha value is -1.02. The van der Waals surface area contributed by atoms with E-state index >= 15 is 0 Å². The lowest BCUT2D eigenvalue weighted by atomic mass is 9.98. The van der Waals surface area contributed by atoms with Crippen LogP contribution in [-0.4, -0.2) is 55.5 Å². The van der Waals surface area contributed by atoms with Gasteiger partial charge in [-0.15, -0.1) is 0 Å². The summed E-state index contributed by atoms with van der Waals surface area (Å²) in [6.07, 6.45) is 0.533. The third-order valence-electron chi connectivity index (χ3n) is 4.32. The second-order valence-corrected chi connectivity index (χ2v) is 7.63. The minimum absolute atomic E-state index is 0.000252. The molecule has 0 saturated carbocycles. The Morgan fingerprint density at radius 2 is 2.05 bits per heavy atom. The van der Waals surface area contributed by atoms with Crippen LogP contribution >= 0.6 is 0 Å². The van der Waals surface area contributed by atoms with E-state index < -0.39 is 16.0 Å². The van der Waals surface area contributed by atoms with Crippen LogP contribution in [0.5, 0.6) is 0 Å². The molecule has 1 aromatic carbocycles. The Bertz CT molecular complexity index is 625. The average molecular weight is 328 g/mol. The van der Waals surface area contributed by atoms with Gasteiger partial charge in [0.1, 0.15) is 0 Å². The molecule has 0 aliphatic carbocycles. The summed E-state index contributed by atoms with van der Waals surface area (Å²) in [6, 6.07) is 10.1. The third-order valence-corrected chi connectivity index (χ3v) is 5.25. The van der Waals surface area contributed by atoms with Gasteiger partial charge in [0, 0.05) is 32.7 Å². The van der Waals surface area contributed by atoms with E-state index in [1.165, 1.54) is 5.56 Å². The topological polar surface area (TPSA) is 49.9 Å². The van der Waals surface area contributed by atoms with Crippen LogP contribution in [0.1, 0.15) is 18.9 Å². The van der Waals surface area contributed by atoms with Crippen molar-refractivity contribution >= 4 is 10.4 Å². The third kappa shape index (κ3) is 3.48. The lowest BCUT2D eigenvalue weighted by Gasteiger charge is -2.43. The molecule has 2 aliphatic heterocycles. The highest BCUT2D eigenvalue weighted by atomic mass is 32.3. The lowest BCUT2D eigenvalue weighted by Crippen LogP contribution is -2.55. The second-order valence-electron chi connectivity index (χ2n) is 6.29. The number of hydrogen-bond donors (Lipinski definition) is 0. The van der Waals surface area contributed by atoms with Gasteiger partial charge in [-0.1, -0.05) is 34.2 Å². The summed E-state index contributed by atoms with van der Waals surface area (Å²) in [5.74, 6) is 0. The SMILES string of the molecule is CC1CN(Cc2ccccc2)CC2(CCN(S(=O)(=O)F)C2)O1. The standard InChI is InChI=1S/C15H21FN2O3S/c1-13-9-17(10-14-5-3-2-4-6-14)11-15(21-13)7-8-18(12-15)22(16,19)20/h2-6,13H,7-12H2,1H3. The maximum absolute atomic E-state index is 13.2. The molecule has 3 rings (SSSR count). The van der Waals surface area contributed by atoms with Gasteiger partial charge in [0.05, 0.1) is 11.7 Å². The molecule has 22 heavy (non-hydrogen) atoms. The number of morpholine rings is 1. The van der Waals surface area contributed by atoms with E-state index in [9.17, 15) is 12.3 Å². The van der Waals surface area contributed by atoms with Crippen LogP contribution in [0.4, 0.5) is 3.89 Å². The van der Waals surface area contributed by atoms with Gasteiger partial charge < -0.3 is 4.74 Å². The minimum atomic E-state index is -4.64. The van der Waals surface area contributed by atoms with Gasteiger partial charge in [-0.05, 0) is 18.9 Å². The van der Waals surface area contributed by atoms with E-state index in [-0.39, 0.29) is 19.2 Å². The van der Waals surface area contributed by atoms with Crippen molar-refractivity contribution in [3.8, 4) is 0 Å². The van der Waals surface area contributed by atoms with E-state index in [1.807, 2.05) is 25.1 Å². The van der Waals surface area contributed by atoms with E-state index in [0.717, 1.165) is 17.4 Å². The molecule has 0 bridgehead atoms. The zero-order valence-electron chi connectivity index (χ0n) is 12.6. The van der Waals surface area contributed by atoms with Gasteiger partial charge in [0.2, 0.25) is 0 Å². The lowest BCUT2D eigenvalue weighted by molar-refractivity contribution is -0.141. The Balaban J connectivity index is 1.72. The molecular formula is C15H21FN2O3S. The number of halogens is 1. The summed E-state index contributed by atoms with van der Waals surface area (Å²) >= 11 is 0. The van der Waals surface area contributed by atoms with Crippen molar-refractivity contribution in [3.05, 3.63) is 35.9 Å². The quantitative estimate of drug-likeness (QED) is 0.790. The maximum Gasteiger partial charge on any atom is 0.374 e. The molecule has 0 amide bonds. The molecule has 0 aromatic heterocycles. The molecule has 1 aromatic rings. The van der Waals surface area contributed by atoms with Crippen LogP contribution in [0.3, 0.4) is 0 Å². The Morgan fingerprint density at radius 3 is 2.68 bits per heavy atom. The molecule has 2 heterocycles. The summed E-state index contributed by atoms with van der Waals surface area (Å²) in [5, 5.41) is 0. The van der Waals surface area contributed by atoms with Crippen molar-refractivity contribution in [2.24, 2.45) is 0 Å². The van der Waals surface area contributed by atoms with Gasteiger partial charge in [-0.3, -0.25) is 4.90 Å². The van der Waals surface area contributed by atoms with Crippen LogP contribution in [0.25, 0.3) is 0 Å². The van der Waals surface area contributed by atoms with Crippen LogP contribution < -0.4 is 0 Å². The average Bonchev–Trinajstić information content (AvgIpc) is 2.82. The number of nitrogens with zero attached hydrogens (tertiary/aromatic N) is 2. The van der Waals surface area contributed by atoms with Gasteiger partial charge in [0.15, 0.2) is 0 Å². The van der Waals surface area contributed by atoms with Crippen LogP contribution in [0, 0.1) is 0 Å². The van der Waals surface area contributed by atoms with Gasteiger partial charge >= 0.3 is 10.4 Å². The van der Waals surface area contributed by atoms with Crippen molar-refractivity contribution in [2.75, 3.05) is 26.2 Å². The van der Waals surface area contributed by atoms with Gasteiger partial charge in [-0.25, -0.2) is 0 Å². The van der Waals surface area contributed by atoms with E-state index in [2.05, 4.69) is 17.0 Å². The van der Waals surface area contributed by atoms with Crippen molar-refractivity contribution in [1.29, 1.82) is 0 Å². The van der Waals surface area contributed by atoms with E-state index in [4.69, 9.17) is 4.74 Å². The molecular weight excluding hydrogens is 307 g/mol. The highest BCUT2D eigenvalue weighted by molar-refractivity contribution is 7.83. The summed E-state index contributed by atoms with van der Waals surface area (Å²) in [4.78, 5) is 2.26. The predicted octanol–water partition coefficient (Wildman–Crippen LogP) is 1.57. The molecule has 7 heteroatoms. The molecule has 2 atom stereocenters. The largest absolute Gasteiger partial charge is 0.374 e. The Kier molecular flexibility index (Phi) is 4.24. The summed E-state index contributed by atoms with van der Waals surface area (Å²) < 4.78 is 42.3. The second kappa shape index (κ2) is 5.88. The van der Waals surface area contributed by atoms with Crippen LogP contribution in [0.2, 0.25) is 0 Å². The number of ether oxygens (including phenoxy) is 1. The monoisotopic (exact) mass is 328 g/mol. The molecule has 0 radical (unpaired) electrons. The first-order valence-electron chi connectivity index (χ1n) is 7.50. The van der Waals surface area contributed by atoms with Crippen LogP contribution in [-0.2, 0) is 21.7 Å². The molecule has 122 valence electrons. The molecule has 5 nitrogen and oxygen atoms in total. The Morgan fingerprint density at radius 1 is 1.32 bits per heavy atom. The number of hydrogen-bond acceptors (Lipinski definition) is 4. The highest BCUT2D eigenvalue weighted by Crippen LogP contribution is 2.33. The van der Waals surface area contributed by atoms with Gasteiger partial charge in [0.25, 0.3) is 0 Å². The fourth-order valence-electron chi connectivity index (χ4n) is 3.52. The fourth-order valence-corrected chi connectivity index (χ4v) is 4.22. The summed E-state index contributed by atoms with van der Waals surface area (Å²) in [6.45, 7) is 4.47. The zero-order chi connectivity index (χ0) is 15.8. The Labute approximate surface area is 131 Å². The fraction of sp³-hybridized carbons (Fsp3) is 0.600. The van der Waals surface area contributed by atoms with Crippen molar-refractivity contribution in [1.82, 2.24) is 9.21 Å². The summed E-state index contributed by atoms with van der Waals surface area (Å²) in [7, 11) is -4.64. The number of rotatable bonds is 3. The smallest absolute Gasteiger partial charge is 0.368 e. The van der Waals surface area contributed by atoms with E-state index in [1.54, 1.807) is 0 Å². The first-order chi connectivity index (χ1) is 10.4. The normalized spacial score (nSPS) is 30.9. The molecule has 2 aliphatic rings.